The number of hydrogen-bond acceptors (Lipinski definition) is 11. The lowest BCUT2D eigenvalue weighted by Gasteiger charge is -2.15. The first-order chi connectivity index (χ1) is 13.9. The van der Waals surface area contributed by atoms with E-state index in [0.717, 1.165) is 11.3 Å². The van der Waals surface area contributed by atoms with Gasteiger partial charge in [-0.3, -0.25) is 0 Å². The molecule has 2 rings (SSSR count). The number of nitrogens with zero attached hydrogens (tertiary/aromatic N) is 4. The summed E-state index contributed by atoms with van der Waals surface area (Å²) in [5, 5.41) is 49.9. The van der Waals surface area contributed by atoms with E-state index >= 15 is 0 Å². The lowest BCUT2D eigenvalue weighted by atomic mass is 10.1. The van der Waals surface area contributed by atoms with Crippen LogP contribution in [0.3, 0.4) is 0 Å². The lowest BCUT2D eigenvalue weighted by Crippen LogP contribution is -2.15. The summed E-state index contributed by atoms with van der Waals surface area (Å²) >= 11 is 1.16. The van der Waals surface area contributed by atoms with Crippen LogP contribution in [0, 0.1) is 47.8 Å². The summed E-state index contributed by atoms with van der Waals surface area (Å²) in [7, 11) is 0. The van der Waals surface area contributed by atoms with Gasteiger partial charge in [0.05, 0.1) is 30.0 Å². The van der Waals surface area contributed by atoms with E-state index in [1.807, 2.05) is 18.2 Å². The van der Waals surface area contributed by atoms with Gasteiger partial charge in [0.2, 0.25) is 0 Å². The summed E-state index contributed by atoms with van der Waals surface area (Å²) in [5.41, 5.74) is 13.8. The minimum atomic E-state index is -0.0601. The Balaban J connectivity index is 0.000000326. The highest BCUT2D eigenvalue weighted by Gasteiger charge is 2.14. The molecular formula is C18H22N8O2S. The second-order valence-electron chi connectivity index (χ2n) is 5.65. The Morgan fingerprint density at radius 2 is 1.45 bits per heavy atom. The van der Waals surface area contributed by atoms with Gasteiger partial charge in [0.15, 0.2) is 5.82 Å². The molecule has 0 atom stereocenters. The molecule has 8 N–H and O–H groups in total. The molecule has 0 aliphatic carbocycles. The summed E-state index contributed by atoms with van der Waals surface area (Å²) in [4.78, 5) is 4.71. The van der Waals surface area contributed by atoms with E-state index in [2.05, 4.69) is 15.6 Å². The standard InChI is InChI=1S/C11H17N5O2.C7H5N3S/c1-7-8(6-12)10(14-2-4-17)16-11(9(7)13)15-3-5-18;1-4-5(2-8)7(10)11-6(4)3-9/h17-18H,2-5,13H2,1H3,(H2,14,15,16);10H2,1H3. The maximum absolute atomic E-state index is 9.08. The fraction of sp³-hybridized carbons (Fsp3) is 0.333. The van der Waals surface area contributed by atoms with Crippen molar-refractivity contribution in [3.63, 3.8) is 0 Å². The van der Waals surface area contributed by atoms with E-state index in [9.17, 15) is 0 Å². The summed E-state index contributed by atoms with van der Waals surface area (Å²) in [5.74, 6) is 0.791. The zero-order chi connectivity index (χ0) is 22.0. The minimum absolute atomic E-state index is 0.0421. The van der Waals surface area contributed by atoms with Gasteiger partial charge in [-0.25, -0.2) is 4.98 Å². The topological polar surface area (TPSA) is 201 Å². The number of nitrogen functional groups attached to an aromatic ring is 2. The van der Waals surface area contributed by atoms with Gasteiger partial charge in [0.25, 0.3) is 0 Å². The number of thiophene rings is 1. The van der Waals surface area contributed by atoms with Crippen LogP contribution in [0.1, 0.15) is 27.1 Å². The highest BCUT2D eigenvalue weighted by atomic mass is 32.1. The maximum atomic E-state index is 9.08. The molecule has 0 amide bonds. The van der Waals surface area contributed by atoms with Gasteiger partial charge in [0.1, 0.15) is 33.9 Å². The molecule has 0 aliphatic rings. The van der Waals surface area contributed by atoms with Crippen molar-refractivity contribution in [3.05, 3.63) is 27.1 Å². The Morgan fingerprint density at radius 1 is 0.897 bits per heavy atom. The van der Waals surface area contributed by atoms with Gasteiger partial charge in [0, 0.05) is 13.1 Å². The van der Waals surface area contributed by atoms with Gasteiger partial charge >= 0.3 is 0 Å². The lowest BCUT2D eigenvalue weighted by molar-refractivity contribution is 0.311. The van der Waals surface area contributed by atoms with E-state index in [0.29, 0.717) is 62.5 Å². The molecule has 0 bridgehead atoms. The van der Waals surface area contributed by atoms with Crippen LogP contribution >= 0.6 is 11.3 Å². The fourth-order valence-corrected chi connectivity index (χ4v) is 3.07. The van der Waals surface area contributed by atoms with E-state index in [1.54, 1.807) is 13.8 Å². The predicted molar refractivity (Wildman–Crippen MR) is 112 cm³/mol. The number of rotatable bonds is 6. The third kappa shape index (κ3) is 5.71. The number of aliphatic hydroxyl groups excluding tert-OH is 2. The van der Waals surface area contributed by atoms with E-state index in [1.165, 1.54) is 0 Å². The van der Waals surface area contributed by atoms with E-state index in [4.69, 9.17) is 37.5 Å². The van der Waals surface area contributed by atoms with Crippen LogP contribution in [0.5, 0.6) is 0 Å². The number of nitrogens with two attached hydrogens (primary N) is 2. The third-order valence-corrected chi connectivity index (χ3v) is 4.83. The van der Waals surface area contributed by atoms with Crippen LogP contribution in [0.2, 0.25) is 0 Å². The highest BCUT2D eigenvalue weighted by molar-refractivity contribution is 7.16. The molecular weight excluding hydrogens is 392 g/mol. The average Bonchev–Trinajstić information content (AvgIpc) is 3.00. The largest absolute Gasteiger partial charge is 0.395 e. The van der Waals surface area contributed by atoms with Crippen molar-refractivity contribution in [2.45, 2.75) is 13.8 Å². The Labute approximate surface area is 172 Å². The molecule has 0 saturated carbocycles. The van der Waals surface area contributed by atoms with Crippen LogP contribution in [-0.4, -0.2) is 41.5 Å². The third-order valence-electron chi connectivity index (χ3n) is 3.80. The second-order valence-corrected chi connectivity index (χ2v) is 6.71. The van der Waals surface area contributed by atoms with Crippen molar-refractivity contribution in [1.82, 2.24) is 4.98 Å². The summed E-state index contributed by atoms with van der Waals surface area (Å²) in [6.45, 7) is 3.97. The number of aromatic nitrogens is 1. The van der Waals surface area contributed by atoms with Crippen LogP contribution in [0.25, 0.3) is 0 Å². The molecule has 2 aromatic heterocycles. The highest BCUT2D eigenvalue weighted by Crippen LogP contribution is 2.29. The number of nitrogens with one attached hydrogen (secondary N) is 2. The van der Waals surface area contributed by atoms with Crippen molar-refractivity contribution >= 4 is 33.7 Å². The number of aliphatic hydroxyl groups is 2. The molecule has 29 heavy (non-hydrogen) atoms. The SMILES string of the molecule is Cc1c(C#N)sc(N)c1C#N.Cc1c(N)c(NCCO)nc(NCCO)c1C#N. The van der Waals surface area contributed by atoms with Crippen LogP contribution in [0.4, 0.5) is 22.3 Å². The molecule has 2 heterocycles. The molecule has 0 unspecified atom stereocenters. The first-order valence-electron chi connectivity index (χ1n) is 8.44. The first-order valence-corrected chi connectivity index (χ1v) is 9.26. The van der Waals surface area contributed by atoms with Crippen molar-refractivity contribution < 1.29 is 10.2 Å². The van der Waals surface area contributed by atoms with E-state index in [-0.39, 0.29) is 13.2 Å². The first kappa shape index (κ1) is 23.5. The average molecular weight is 414 g/mol. The van der Waals surface area contributed by atoms with Crippen LogP contribution < -0.4 is 22.1 Å². The van der Waals surface area contributed by atoms with E-state index < -0.39 is 0 Å². The molecule has 0 spiro atoms. The van der Waals surface area contributed by atoms with Crippen LogP contribution in [0.15, 0.2) is 0 Å². The summed E-state index contributed by atoms with van der Waals surface area (Å²) in [6.07, 6.45) is 0. The van der Waals surface area contributed by atoms with Gasteiger partial charge in [-0.05, 0) is 25.0 Å². The molecule has 0 aliphatic heterocycles. The van der Waals surface area contributed by atoms with Gasteiger partial charge in [-0.15, -0.1) is 11.3 Å². The number of pyridine rings is 1. The van der Waals surface area contributed by atoms with Crippen LogP contribution in [-0.2, 0) is 0 Å². The maximum Gasteiger partial charge on any atom is 0.152 e. The molecule has 0 fully saturated rings. The molecule has 0 saturated heterocycles. The normalized spacial score (nSPS) is 9.41. The van der Waals surface area contributed by atoms with Gasteiger partial charge in [-0.2, -0.15) is 15.8 Å². The predicted octanol–water partition coefficient (Wildman–Crippen LogP) is 1.03. The second kappa shape index (κ2) is 11.3. The summed E-state index contributed by atoms with van der Waals surface area (Å²) < 4.78 is 0. The molecule has 10 nitrogen and oxygen atoms in total. The van der Waals surface area contributed by atoms with Crippen molar-refractivity contribution in [2.75, 3.05) is 48.4 Å². The Kier molecular flexibility index (Phi) is 9.17. The van der Waals surface area contributed by atoms with Gasteiger partial charge in [-0.1, -0.05) is 0 Å². The Hall–Kier alpha value is -3.56. The summed E-state index contributed by atoms with van der Waals surface area (Å²) in [6, 6.07) is 5.96. The minimum Gasteiger partial charge on any atom is -0.395 e. The van der Waals surface area contributed by atoms with Crippen molar-refractivity contribution in [1.29, 1.82) is 15.8 Å². The zero-order valence-corrected chi connectivity index (χ0v) is 16.9. The van der Waals surface area contributed by atoms with Gasteiger partial charge < -0.3 is 32.3 Å². The molecule has 0 radical (unpaired) electrons. The number of nitriles is 3. The molecule has 2 aromatic rings. The molecule has 11 heteroatoms. The fourth-order valence-electron chi connectivity index (χ4n) is 2.25. The van der Waals surface area contributed by atoms with Crippen molar-refractivity contribution in [2.24, 2.45) is 0 Å². The molecule has 152 valence electrons. The quantitative estimate of drug-likeness (QED) is 0.396. The smallest absolute Gasteiger partial charge is 0.152 e. The Bertz CT molecular complexity index is 982. The monoisotopic (exact) mass is 414 g/mol. The number of anilines is 4. The Morgan fingerprint density at radius 3 is 1.86 bits per heavy atom. The molecule has 0 aromatic carbocycles. The van der Waals surface area contributed by atoms with Crippen molar-refractivity contribution in [3.8, 4) is 18.2 Å². The zero-order valence-electron chi connectivity index (χ0n) is 16.1. The number of hydrogen-bond donors (Lipinski definition) is 6.